The molecule has 0 aliphatic heterocycles. The Bertz CT molecular complexity index is 812. The Morgan fingerprint density at radius 1 is 1.35 bits per heavy atom. The van der Waals surface area contributed by atoms with E-state index in [0.29, 0.717) is 30.0 Å². The fourth-order valence-electron chi connectivity index (χ4n) is 2.18. The fraction of sp³-hybridized carbons (Fsp3) is 0.375. The Balaban J connectivity index is 2.05. The van der Waals surface area contributed by atoms with E-state index in [1.807, 2.05) is 6.92 Å². The topological polar surface area (TPSA) is 103 Å². The zero-order valence-corrected chi connectivity index (χ0v) is 15.1. The first-order chi connectivity index (χ1) is 12.3. The van der Waals surface area contributed by atoms with Crippen molar-refractivity contribution in [2.75, 3.05) is 5.32 Å². The number of carbonyl (C=O) groups excluding carboxylic acids is 2. The van der Waals surface area contributed by atoms with E-state index in [2.05, 4.69) is 15.5 Å². The number of aryl methyl sites for hydroxylation is 1. The Kier molecular flexibility index (Phi) is 6.67. The molecule has 0 saturated heterocycles. The van der Waals surface area contributed by atoms with Crippen molar-refractivity contribution >= 4 is 29.3 Å². The molecule has 0 spiro atoms. The summed E-state index contributed by atoms with van der Waals surface area (Å²) >= 11 is 1.15. The standard InChI is InChI=1S/C16H19F2N5O2S/c1-3-23-14(7-6-13(19)24)21-22-16(23)26-9(2)15(25)20-12-5-4-10(17)8-11(12)18/h4-5,8-9H,3,6-7H2,1-2H3,(H2,19,24)(H,20,25)/t9-/m1/s1. The normalized spacial score (nSPS) is 12.0. The third-order valence-electron chi connectivity index (χ3n) is 3.55. The van der Waals surface area contributed by atoms with Gasteiger partial charge in [0.25, 0.3) is 0 Å². The van der Waals surface area contributed by atoms with Crippen molar-refractivity contribution < 1.29 is 18.4 Å². The minimum Gasteiger partial charge on any atom is -0.370 e. The van der Waals surface area contributed by atoms with Gasteiger partial charge in [-0.05, 0) is 26.0 Å². The number of anilines is 1. The van der Waals surface area contributed by atoms with Gasteiger partial charge in [-0.3, -0.25) is 9.59 Å². The van der Waals surface area contributed by atoms with Crippen LogP contribution in [0.2, 0.25) is 0 Å². The summed E-state index contributed by atoms with van der Waals surface area (Å²) in [6, 6.07) is 2.93. The second-order valence-corrected chi connectivity index (χ2v) is 6.79. The van der Waals surface area contributed by atoms with Crippen LogP contribution in [-0.4, -0.2) is 31.8 Å². The summed E-state index contributed by atoms with van der Waals surface area (Å²) in [5, 5.41) is 10.4. The molecule has 10 heteroatoms. The lowest BCUT2D eigenvalue weighted by atomic mass is 10.3. The number of carbonyl (C=O) groups is 2. The minimum absolute atomic E-state index is 0.0945. The van der Waals surface area contributed by atoms with Crippen LogP contribution < -0.4 is 11.1 Å². The number of primary amides is 1. The lowest BCUT2D eigenvalue weighted by Crippen LogP contribution is -2.23. The van der Waals surface area contributed by atoms with Crippen LogP contribution >= 0.6 is 11.8 Å². The van der Waals surface area contributed by atoms with E-state index in [1.54, 1.807) is 11.5 Å². The Hall–Kier alpha value is -2.49. The van der Waals surface area contributed by atoms with Gasteiger partial charge in [0.05, 0.1) is 10.9 Å². The molecule has 7 nitrogen and oxygen atoms in total. The van der Waals surface area contributed by atoms with Crippen LogP contribution in [0.15, 0.2) is 23.4 Å². The molecule has 2 rings (SSSR count). The van der Waals surface area contributed by atoms with Gasteiger partial charge >= 0.3 is 0 Å². The quantitative estimate of drug-likeness (QED) is 0.680. The van der Waals surface area contributed by atoms with E-state index < -0.39 is 28.7 Å². The smallest absolute Gasteiger partial charge is 0.237 e. The molecular weight excluding hydrogens is 364 g/mol. The zero-order valence-electron chi connectivity index (χ0n) is 14.3. The lowest BCUT2D eigenvalue weighted by molar-refractivity contribution is -0.118. The van der Waals surface area contributed by atoms with Crippen LogP contribution in [0.3, 0.4) is 0 Å². The van der Waals surface area contributed by atoms with E-state index >= 15 is 0 Å². The molecule has 26 heavy (non-hydrogen) atoms. The van der Waals surface area contributed by atoms with Gasteiger partial charge in [0, 0.05) is 25.5 Å². The molecule has 1 aromatic heterocycles. The van der Waals surface area contributed by atoms with Crippen LogP contribution in [0.1, 0.15) is 26.1 Å². The largest absolute Gasteiger partial charge is 0.370 e. The number of nitrogens with two attached hydrogens (primary N) is 1. The Morgan fingerprint density at radius 3 is 2.69 bits per heavy atom. The first-order valence-corrected chi connectivity index (χ1v) is 8.82. The van der Waals surface area contributed by atoms with E-state index in [9.17, 15) is 18.4 Å². The predicted molar refractivity (Wildman–Crippen MR) is 93.5 cm³/mol. The maximum atomic E-state index is 13.6. The molecular formula is C16H19F2N5O2S. The molecule has 0 saturated carbocycles. The number of hydrogen-bond acceptors (Lipinski definition) is 5. The number of rotatable bonds is 8. The van der Waals surface area contributed by atoms with Crippen molar-refractivity contribution in [2.45, 2.75) is 43.6 Å². The molecule has 1 heterocycles. The molecule has 2 aromatic rings. The summed E-state index contributed by atoms with van der Waals surface area (Å²) in [5.41, 5.74) is 5.05. The summed E-state index contributed by atoms with van der Waals surface area (Å²) < 4.78 is 28.4. The monoisotopic (exact) mass is 383 g/mol. The molecule has 0 aliphatic carbocycles. The highest BCUT2D eigenvalue weighted by atomic mass is 32.2. The number of hydrogen-bond donors (Lipinski definition) is 2. The summed E-state index contributed by atoms with van der Waals surface area (Å²) in [6.45, 7) is 4.09. The second kappa shape index (κ2) is 8.75. The number of thioether (sulfide) groups is 1. The third kappa shape index (κ3) is 5.01. The maximum Gasteiger partial charge on any atom is 0.237 e. The average Bonchev–Trinajstić information content (AvgIpc) is 2.96. The molecule has 1 atom stereocenters. The van der Waals surface area contributed by atoms with E-state index in [0.717, 1.165) is 23.9 Å². The van der Waals surface area contributed by atoms with Gasteiger partial charge in [-0.1, -0.05) is 11.8 Å². The summed E-state index contributed by atoms with van der Waals surface area (Å²) in [6.07, 6.45) is 0.515. The van der Waals surface area contributed by atoms with Gasteiger partial charge in [0.1, 0.15) is 17.5 Å². The molecule has 3 N–H and O–H groups in total. The first-order valence-electron chi connectivity index (χ1n) is 7.94. The molecule has 140 valence electrons. The van der Waals surface area contributed by atoms with Gasteiger partial charge in [-0.15, -0.1) is 10.2 Å². The number of aromatic nitrogens is 3. The van der Waals surface area contributed by atoms with Crippen LogP contribution in [0.5, 0.6) is 0 Å². The van der Waals surface area contributed by atoms with Gasteiger partial charge < -0.3 is 15.6 Å². The van der Waals surface area contributed by atoms with Gasteiger partial charge in [-0.2, -0.15) is 0 Å². The highest BCUT2D eigenvalue weighted by Gasteiger charge is 2.21. The van der Waals surface area contributed by atoms with Crippen molar-refractivity contribution in [2.24, 2.45) is 5.73 Å². The average molecular weight is 383 g/mol. The minimum atomic E-state index is -0.846. The lowest BCUT2D eigenvalue weighted by Gasteiger charge is -2.13. The van der Waals surface area contributed by atoms with E-state index in [4.69, 9.17) is 5.73 Å². The fourth-order valence-corrected chi connectivity index (χ4v) is 3.11. The van der Waals surface area contributed by atoms with Crippen molar-refractivity contribution in [3.05, 3.63) is 35.7 Å². The first kappa shape index (κ1) is 19.8. The van der Waals surface area contributed by atoms with Gasteiger partial charge in [0.2, 0.25) is 11.8 Å². The van der Waals surface area contributed by atoms with Crippen molar-refractivity contribution in [1.82, 2.24) is 14.8 Å². The zero-order chi connectivity index (χ0) is 19.3. The Morgan fingerprint density at radius 2 is 2.08 bits per heavy atom. The van der Waals surface area contributed by atoms with Crippen molar-refractivity contribution in [3.8, 4) is 0 Å². The molecule has 2 amide bonds. The summed E-state index contributed by atoms with van der Waals surface area (Å²) in [5.74, 6) is -1.85. The molecule has 0 unspecified atom stereocenters. The van der Waals surface area contributed by atoms with Crippen molar-refractivity contribution in [1.29, 1.82) is 0 Å². The van der Waals surface area contributed by atoms with Crippen molar-refractivity contribution in [3.63, 3.8) is 0 Å². The maximum absolute atomic E-state index is 13.6. The predicted octanol–water partition coefficient (Wildman–Crippen LogP) is 2.11. The van der Waals surface area contributed by atoms with Gasteiger partial charge in [-0.25, -0.2) is 8.78 Å². The van der Waals surface area contributed by atoms with E-state index in [1.165, 1.54) is 0 Å². The van der Waals surface area contributed by atoms with Crippen LogP contribution in [-0.2, 0) is 22.6 Å². The molecule has 0 aliphatic rings. The molecule has 1 aromatic carbocycles. The number of amides is 2. The summed E-state index contributed by atoms with van der Waals surface area (Å²) in [4.78, 5) is 23.2. The molecule has 0 radical (unpaired) electrons. The molecule has 0 bridgehead atoms. The number of nitrogens with zero attached hydrogens (tertiary/aromatic N) is 3. The highest BCUT2D eigenvalue weighted by molar-refractivity contribution is 8.00. The van der Waals surface area contributed by atoms with E-state index in [-0.39, 0.29) is 12.1 Å². The summed E-state index contributed by atoms with van der Waals surface area (Å²) in [7, 11) is 0. The van der Waals surface area contributed by atoms with Crippen LogP contribution in [0.25, 0.3) is 0 Å². The number of benzene rings is 1. The van der Waals surface area contributed by atoms with Crippen LogP contribution in [0, 0.1) is 11.6 Å². The van der Waals surface area contributed by atoms with Gasteiger partial charge in [0.15, 0.2) is 5.16 Å². The third-order valence-corrected chi connectivity index (χ3v) is 4.63. The second-order valence-electron chi connectivity index (χ2n) is 5.48. The number of nitrogens with one attached hydrogen (secondary N) is 1. The SMILES string of the molecule is CCn1c(CCC(N)=O)nnc1S[C@H](C)C(=O)Nc1ccc(F)cc1F. The molecule has 0 fully saturated rings. The highest BCUT2D eigenvalue weighted by Crippen LogP contribution is 2.24. The van der Waals surface area contributed by atoms with Crippen LogP contribution in [0.4, 0.5) is 14.5 Å². The Labute approximate surface area is 153 Å². The number of halogens is 2.